The fourth-order valence-corrected chi connectivity index (χ4v) is 8.30. The number of nitrogens with one attached hydrogen (secondary N) is 1. The van der Waals surface area contributed by atoms with Gasteiger partial charge in [-0.3, -0.25) is 13.6 Å². The summed E-state index contributed by atoms with van der Waals surface area (Å²) >= 11 is 1.14. The van der Waals surface area contributed by atoms with Gasteiger partial charge < -0.3 is 15.9 Å². The first-order chi connectivity index (χ1) is 17.0. The third kappa shape index (κ3) is 8.78. The minimum Gasteiger partial charge on any atom is -0.389 e. The number of benzene rings is 1. The standard InChI is InChI=1S/C22H33N4O6PS3/c1-22(2,3)36-34-12-11-31-33(30,24-13-15-7-5-4-6-8-15)32-14-16-18(27)19(28)20(35-16)26-10-9-17(23)25-21(26)29/h4-10,16,18-20,27-28H,11-14H2,1-3H3,(H,24,30)(H2,23,25,29)/t16-,18-,19+,20-,33?/m1/s1. The molecule has 0 bridgehead atoms. The number of aliphatic hydroxyl groups excluding tert-OH is 2. The summed E-state index contributed by atoms with van der Waals surface area (Å²) in [6.07, 6.45) is -1.05. The smallest absolute Gasteiger partial charge is 0.389 e. The molecule has 1 saturated heterocycles. The number of hydrogen-bond donors (Lipinski definition) is 4. The maximum Gasteiger partial charge on any atom is 0.405 e. The van der Waals surface area contributed by atoms with E-state index in [4.69, 9.17) is 14.8 Å². The average Bonchev–Trinajstić information content (AvgIpc) is 3.10. The molecule has 3 rings (SSSR count). The highest BCUT2D eigenvalue weighted by Crippen LogP contribution is 2.48. The molecule has 0 spiro atoms. The molecule has 5 N–H and O–H groups in total. The zero-order chi connectivity index (χ0) is 26.3. The molecule has 0 aliphatic carbocycles. The van der Waals surface area contributed by atoms with Crippen LogP contribution < -0.4 is 16.5 Å². The maximum absolute atomic E-state index is 13.5. The summed E-state index contributed by atoms with van der Waals surface area (Å²) in [4.78, 5) is 15.9. The molecule has 0 amide bonds. The molecule has 14 heteroatoms. The Morgan fingerprint density at radius 3 is 2.58 bits per heavy atom. The van der Waals surface area contributed by atoms with Gasteiger partial charge in [-0.2, -0.15) is 4.98 Å². The second-order valence-corrected chi connectivity index (χ2v) is 15.5. The van der Waals surface area contributed by atoms with Crippen molar-refractivity contribution in [1.82, 2.24) is 14.6 Å². The molecule has 10 nitrogen and oxygen atoms in total. The largest absolute Gasteiger partial charge is 0.405 e. The summed E-state index contributed by atoms with van der Waals surface area (Å²) in [6.45, 7) is 6.63. The Morgan fingerprint density at radius 2 is 1.92 bits per heavy atom. The van der Waals surface area contributed by atoms with E-state index in [0.717, 1.165) is 17.3 Å². The van der Waals surface area contributed by atoms with Gasteiger partial charge in [-0.25, -0.2) is 14.4 Å². The van der Waals surface area contributed by atoms with Crippen molar-refractivity contribution in [2.45, 2.75) is 54.9 Å². The van der Waals surface area contributed by atoms with E-state index in [1.54, 1.807) is 21.6 Å². The highest BCUT2D eigenvalue weighted by atomic mass is 33.1. The molecule has 1 aliphatic heterocycles. The van der Waals surface area contributed by atoms with Gasteiger partial charge >= 0.3 is 13.4 Å². The number of aliphatic hydroxyl groups is 2. The lowest BCUT2D eigenvalue weighted by atomic mass is 10.1. The number of nitrogens with two attached hydrogens (primary N) is 1. The van der Waals surface area contributed by atoms with E-state index >= 15 is 0 Å². The first-order valence-electron chi connectivity index (χ1n) is 11.3. The molecule has 2 heterocycles. The Bertz CT molecular complexity index is 1090. The van der Waals surface area contributed by atoms with Crippen molar-refractivity contribution in [3.63, 3.8) is 0 Å². The molecular formula is C22H33N4O6PS3. The lowest BCUT2D eigenvalue weighted by Gasteiger charge is -2.22. The zero-order valence-corrected chi connectivity index (χ0v) is 23.7. The number of thioether (sulfide) groups is 1. The molecule has 1 aliphatic rings. The third-order valence-electron chi connectivity index (χ3n) is 4.93. The van der Waals surface area contributed by atoms with Crippen LogP contribution in [-0.2, 0) is 20.2 Å². The van der Waals surface area contributed by atoms with E-state index in [2.05, 4.69) is 30.8 Å². The lowest BCUT2D eigenvalue weighted by molar-refractivity contribution is 0.0105. The van der Waals surface area contributed by atoms with E-state index < -0.39 is 36.3 Å². The van der Waals surface area contributed by atoms with E-state index in [1.165, 1.54) is 16.8 Å². The van der Waals surface area contributed by atoms with Crippen LogP contribution in [0.4, 0.5) is 5.82 Å². The number of anilines is 1. The molecule has 36 heavy (non-hydrogen) atoms. The van der Waals surface area contributed by atoms with Crippen molar-refractivity contribution >= 4 is 46.9 Å². The van der Waals surface area contributed by atoms with Crippen molar-refractivity contribution in [2.24, 2.45) is 0 Å². The third-order valence-corrected chi connectivity index (χ3v) is 11.3. The Morgan fingerprint density at radius 1 is 1.19 bits per heavy atom. The van der Waals surface area contributed by atoms with E-state index in [9.17, 15) is 19.6 Å². The van der Waals surface area contributed by atoms with Crippen molar-refractivity contribution < 1.29 is 23.8 Å². The monoisotopic (exact) mass is 576 g/mol. The van der Waals surface area contributed by atoms with Crippen LogP contribution in [0.2, 0.25) is 0 Å². The predicted octanol–water partition coefficient (Wildman–Crippen LogP) is 3.27. The molecule has 1 fully saturated rings. The van der Waals surface area contributed by atoms with Gasteiger partial charge in [-0.1, -0.05) is 72.7 Å². The van der Waals surface area contributed by atoms with E-state index in [0.29, 0.717) is 5.75 Å². The zero-order valence-electron chi connectivity index (χ0n) is 20.4. The topological polar surface area (TPSA) is 149 Å². The van der Waals surface area contributed by atoms with Crippen molar-refractivity contribution in [3.8, 4) is 0 Å². The first kappa shape index (κ1) is 29.5. The van der Waals surface area contributed by atoms with Gasteiger partial charge in [0.15, 0.2) is 0 Å². The molecule has 1 aromatic carbocycles. The van der Waals surface area contributed by atoms with Crippen LogP contribution in [-0.4, -0.2) is 60.9 Å². The molecule has 0 saturated carbocycles. The van der Waals surface area contributed by atoms with Crippen LogP contribution >= 0.6 is 41.1 Å². The maximum atomic E-state index is 13.5. The Hall–Kier alpha value is -1.02. The van der Waals surface area contributed by atoms with Crippen LogP contribution in [0.15, 0.2) is 47.4 Å². The van der Waals surface area contributed by atoms with Gasteiger partial charge in [-0.15, -0.1) is 11.8 Å². The van der Waals surface area contributed by atoms with Gasteiger partial charge in [0, 0.05) is 23.2 Å². The van der Waals surface area contributed by atoms with Crippen molar-refractivity contribution in [3.05, 3.63) is 58.6 Å². The van der Waals surface area contributed by atoms with Crippen LogP contribution in [0.3, 0.4) is 0 Å². The number of nitrogen functional groups attached to an aromatic ring is 1. The van der Waals surface area contributed by atoms with Crippen LogP contribution in [0.5, 0.6) is 0 Å². The minimum absolute atomic E-state index is 0.0656. The summed E-state index contributed by atoms with van der Waals surface area (Å²) in [5.41, 5.74) is 5.81. The predicted molar refractivity (Wildman–Crippen MR) is 148 cm³/mol. The number of rotatable bonds is 12. The summed E-state index contributed by atoms with van der Waals surface area (Å²) < 4.78 is 26.2. The first-order valence-corrected chi connectivity index (χ1v) is 16.1. The van der Waals surface area contributed by atoms with Crippen molar-refractivity contribution in [2.75, 3.05) is 24.7 Å². The normalized spacial score (nSPS) is 24.0. The second-order valence-electron chi connectivity index (χ2n) is 9.05. The van der Waals surface area contributed by atoms with Gasteiger partial charge in [-0.05, 0) is 11.6 Å². The average molecular weight is 577 g/mol. The van der Waals surface area contributed by atoms with Crippen LogP contribution in [0, 0.1) is 0 Å². The molecular weight excluding hydrogens is 543 g/mol. The molecule has 1 aromatic heterocycles. The molecule has 200 valence electrons. The number of hydrogen-bond acceptors (Lipinski definition) is 11. The second kappa shape index (κ2) is 13.2. The Labute approximate surface area is 223 Å². The van der Waals surface area contributed by atoms with Crippen LogP contribution in [0.1, 0.15) is 31.7 Å². The summed E-state index contributed by atoms with van der Waals surface area (Å²) in [6, 6.07) is 10.9. The SMILES string of the molecule is CC(C)(C)SSCCOP(=O)(NCc1ccccc1)OC[C@H]1S[C@@H](n2ccc(N)nc2=O)[C@@H](O)[C@@H]1O. The van der Waals surface area contributed by atoms with E-state index in [1.807, 2.05) is 30.3 Å². The van der Waals surface area contributed by atoms with Gasteiger partial charge in [0.25, 0.3) is 0 Å². The fourth-order valence-electron chi connectivity index (χ4n) is 3.21. The molecule has 1 unspecified atom stereocenters. The van der Waals surface area contributed by atoms with Gasteiger partial charge in [0.05, 0.1) is 24.6 Å². The fraction of sp³-hybridized carbons (Fsp3) is 0.545. The number of nitrogens with zero attached hydrogens (tertiary/aromatic N) is 2. The summed E-state index contributed by atoms with van der Waals surface area (Å²) in [5.74, 6) is 0.674. The molecule has 5 atom stereocenters. The van der Waals surface area contributed by atoms with Crippen molar-refractivity contribution in [1.29, 1.82) is 0 Å². The van der Waals surface area contributed by atoms with E-state index in [-0.39, 0.29) is 30.3 Å². The highest BCUT2D eigenvalue weighted by molar-refractivity contribution is 8.77. The minimum atomic E-state index is -3.75. The van der Waals surface area contributed by atoms with Gasteiger partial charge in [0.1, 0.15) is 17.3 Å². The quantitative estimate of drug-likeness (QED) is 0.167. The van der Waals surface area contributed by atoms with Gasteiger partial charge in [0.2, 0.25) is 0 Å². The molecule has 0 radical (unpaired) electrons. The number of aromatic nitrogens is 2. The molecule has 2 aromatic rings. The Kier molecular flexibility index (Phi) is 10.8. The Balaban J connectivity index is 1.63. The highest BCUT2D eigenvalue weighted by Gasteiger charge is 2.44. The van der Waals surface area contributed by atoms with Crippen LogP contribution in [0.25, 0.3) is 0 Å². The summed E-state index contributed by atoms with van der Waals surface area (Å²) in [5, 5.41) is 22.6. The lowest BCUT2D eigenvalue weighted by Crippen LogP contribution is -2.36. The summed E-state index contributed by atoms with van der Waals surface area (Å²) in [7, 11) is -0.416.